The molecule has 0 spiro atoms. The van der Waals surface area contributed by atoms with E-state index >= 15 is 0 Å². The zero-order valence-corrected chi connectivity index (χ0v) is 18.2. The van der Waals surface area contributed by atoms with Gasteiger partial charge in [0.05, 0.1) is 5.57 Å². The SMILES string of the molecule is N#CC(=C=[N-])c1ccc(-[n+]2ccc(N3CCN(C([S-])[S-])CC3)cc2)cc1.[Au]. The number of piperazine rings is 1. The van der Waals surface area contributed by atoms with E-state index in [4.69, 9.17) is 35.9 Å². The minimum absolute atomic E-state index is 0. The molecule has 1 aliphatic rings. The van der Waals surface area contributed by atoms with Gasteiger partial charge in [0, 0.05) is 78.5 Å². The van der Waals surface area contributed by atoms with Gasteiger partial charge in [-0.1, -0.05) is 0 Å². The first-order valence-electron chi connectivity index (χ1n) is 8.22. The van der Waals surface area contributed by atoms with E-state index in [-0.39, 0.29) is 32.7 Å². The minimum Gasteiger partial charge on any atom is -0.800 e. The standard InChI is InChI=1S/C19H19N5S2.Au/c20-13-16(14-21)15-1-3-17(4-2-15)22-7-5-18(6-8-22)23-9-11-24(12-10-23)19(25)26;/h1-8,19,25-26H,9-12H2;/p-2. The molecule has 2 aromatic rings. The van der Waals surface area contributed by atoms with Gasteiger partial charge in [0.15, 0.2) is 12.4 Å². The summed E-state index contributed by atoms with van der Waals surface area (Å²) >= 11 is 10.3. The van der Waals surface area contributed by atoms with Crippen molar-refractivity contribution in [1.82, 2.24) is 4.90 Å². The van der Waals surface area contributed by atoms with Gasteiger partial charge in [0.25, 0.3) is 0 Å². The number of allylic oxidation sites excluding steroid dienone is 1. The van der Waals surface area contributed by atoms with Crippen LogP contribution in [0.1, 0.15) is 5.56 Å². The Kier molecular flexibility index (Phi) is 8.21. The number of pyridine rings is 1. The van der Waals surface area contributed by atoms with Gasteiger partial charge in [-0.3, -0.25) is 0 Å². The van der Waals surface area contributed by atoms with E-state index in [1.165, 1.54) is 5.69 Å². The van der Waals surface area contributed by atoms with E-state index in [2.05, 4.69) is 21.9 Å². The fraction of sp³-hybridized carbons (Fsp3) is 0.263. The van der Waals surface area contributed by atoms with Gasteiger partial charge in [0.1, 0.15) is 6.07 Å². The van der Waals surface area contributed by atoms with Crippen LogP contribution in [0, 0.1) is 11.3 Å². The van der Waals surface area contributed by atoms with E-state index in [9.17, 15) is 0 Å². The average Bonchev–Trinajstić information content (AvgIpc) is 2.70. The van der Waals surface area contributed by atoms with Crippen molar-refractivity contribution < 1.29 is 26.9 Å². The molecule has 27 heavy (non-hydrogen) atoms. The van der Waals surface area contributed by atoms with Crippen LogP contribution in [0.2, 0.25) is 0 Å². The first-order chi connectivity index (χ1) is 12.6. The van der Waals surface area contributed by atoms with E-state index < -0.39 is 0 Å². The van der Waals surface area contributed by atoms with Gasteiger partial charge in [-0.15, -0.1) is 0 Å². The summed E-state index contributed by atoms with van der Waals surface area (Å²) < 4.78 is 1.78. The maximum Gasteiger partial charge on any atom is 0.210 e. The molecule has 0 saturated carbocycles. The first-order valence-corrected chi connectivity index (χ1v) is 9.16. The van der Waals surface area contributed by atoms with Crippen molar-refractivity contribution in [3.05, 3.63) is 59.8 Å². The number of aromatic nitrogens is 1. The molecule has 1 aromatic carbocycles. The summed E-state index contributed by atoms with van der Waals surface area (Å²) in [5.41, 5.74) is 2.90. The monoisotopic (exact) mass is 576 g/mol. The number of rotatable bonds is 4. The van der Waals surface area contributed by atoms with Crippen molar-refractivity contribution in [1.29, 1.82) is 5.26 Å². The molecule has 143 valence electrons. The molecule has 1 fully saturated rings. The summed E-state index contributed by atoms with van der Waals surface area (Å²) in [5, 5.41) is 17.9. The predicted molar refractivity (Wildman–Crippen MR) is 108 cm³/mol. The van der Waals surface area contributed by atoms with Crippen molar-refractivity contribution in [3.8, 4) is 11.8 Å². The molecule has 0 N–H and O–H groups in total. The second-order valence-electron chi connectivity index (χ2n) is 5.94. The van der Waals surface area contributed by atoms with Gasteiger partial charge in [0.2, 0.25) is 5.69 Å². The number of anilines is 1. The van der Waals surface area contributed by atoms with Crippen LogP contribution in [-0.2, 0) is 47.6 Å². The average molecular weight is 576 g/mol. The molecule has 0 amide bonds. The smallest absolute Gasteiger partial charge is 0.210 e. The summed E-state index contributed by atoms with van der Waals surface area (Å²) in [4.78, 5) is 4.47. The van der Waals surface area contributed by atoms with Crippen LogP contribution >= 0.6 is 0 Å². The second kappa shape index (κ2) is 10.2. The largest absolute Gasteiger partial charge is 0.800 e. The van der Waals surface area contributed by atoms with Gasteiger partial charge in [-0.25, -0.2) is 10.6 Å². The molecule has 1 radical (unpaired) electrons. The Balaban J connectivity index is 0.00000261. The summed E-state index contributed by atoms with van der Waals surface area (Å²) in [6.07, 6.45) is 4.03. The summed E-state index contributed by atoms with van der Waals surface area (Å²) in [7, 11) is 0. The Morgan fingerprint density at radius 2 is 1.63 bits per heavy atom. The van der Waals surface area contributed by atoms with Crippen molar-refractivity contribution in [2.45, 2.75) is 4.71 Å². The quantitative estimate of drug-likeness (QED) is 0.182. The van der Waals surface area contributed by atoms with Crippen LogP contribution in [-0.4, -0.2) is 41.7 Å². The molecule has 5 nitrogen and oxygen atoms in total. The topological polar surface area (TPSA) is 56.5 Å². The molecule has 3 rings (SSSR count). The maximum absolute atomic E-state index is 8.93. The molecular weight excluding hydrogens is 559 g/mol. The first kappa shape index (κ1) is 21.8. The van der Waals surface area contributed by atoms with Crippen LogP contribution in [0.5, 0.6) is 0 Å². The molecule has 1 aromatic heterocycles. The third-order valence-corrected chi connectivity index (χ3v) is 5.06. The zero-order valence-electron chi connectivity index (χ0n) is 14.4. The molecule has 0 unspecified atom stereocenters. The Labute approximate surface area is 186 Å². The van der Waals surface area contributed by atoms with Gasteiger partial charge in [-0.2, -0.15) is 9.83 Å². The van der Waals surface area contributed by atoms with E-state index in [0.717, 1.165) is 31.9 Å². The van der Waals surface area contributed by atoms with Crippen molar-refractivity contribution in [2.24, 2.45) is 0 Å². The van der Waals surface area contributed by atoms with E-state index in [1.54, 1.807) is 12.1 Å². The maximum atomic E-state index is 8.93. The molecule has 8 heteroatoms. The summed E-state index contributed by atoms with van der Waals surface area (Å²) in [6.45, 7) is 3.63. The molecule has 0 atom stereocenters. The Morgan fingerprint density at radius 1 is 1.04 bits per heavy atom. The number of hydrogen-bond donors (Lipinski definition) is 0. The van der Waals surface area contributed by atoms with Crippen molar-refractivity contribution in [2.75, 3.05) is 31.1 Å². The molecule has 1 aliphatic heterocycles. The van der Waals surface area contributed by atoms with Crippen LogP contribution in [0.3, 0.4) is 0 Å². The third-order valence-electron chi connectivity index (χ3n) is 4.47. The Bertz CT molecular complexity index is 847. The second-order valence-corrected chi connectivity index (χ2v) is 7.13. The molecule has 2 heterocycles. The van der Waals surface area contributed by atoms with Crippen LogP contribution in [0.4, 0.5) is 5.69 Å². The van der Waals surface area contributed by atoms with Crippen molar-refractivity contribution >= 4 is 42.4 Å². The van der Waals surface area contributed by atoms with Crippen LogP contribution in [0.15, 0.2) is 48.8 Å². The van der Waals surface area contributed by atoms with E-state index in [1.807, 2.05) is 41.0 Å². The van der Waals surface area contributed by atoms with Gasteiger partial charge in [-0.05, 0) is 17.7 Å². The van der Waals surface area contributed by atoms with Crippen LogP contribution < -0.4 is 9.47 Å². The summed E-state index contributed by atoms with van der Waals surface area (Å²) in [5.74, 6) is 1.91. The molecule has 0 bridgehead atoms. The minimum atomic E-state index is -0.224. The predicted octanol–water partition coefficient (Wildman–Crippen LogP) is 1.61. The number of hydrogen-bond acceptors (Lipinski definition) is 5. The van der Waals surface area contributed by atoms with E-state index in [0.29, 0.717) is 5.56 Å². The normalized spacial score (nSPS) is 14.2. The third kappa shape index (κ3) is 5.28. The number of nitriles is 1. The van der Waals surface area contributed by atoms with Gasteiger partial charge >= 0.3 is 0 Å². The molecule has 0 aliphatic carbocycles. The fourth-order valence-electron chi connectivity index (χ4n) is 2.95. The van der Waals surface area contributed by atoms with Crippen LogP contribution in [0.25, 0.3) is 16.7 Å². The van der Waals surface area contributed by atoms with Gasteiger partial charge < -0.3 is 40.5 Å². The fourth-order valence-corrected chi connectivity index (χ4v) is 3.37. The molecule has 1 saturated heterocycles. The Morgan fingerprint density at radius 3 is 2.11 bits per heavy atom. The summed E-state index contributed by atoms with van der Waals surface area (Å²) in [6, 6.07) is 13.5. The number of nitrogens with zero attached hydrogens (tertiary/aromatic N) is 5. The molecular formula is C19H17AuN5S2-2. The number of benzene rings is 1. The van der Waals surface area contributed by atoms with Crippen molar-refractivity contribution in [3.63, 3.8) is 0 Å². The Hall–Kier alpha value is -1.49. The zero-order chi connectivity index (χ0) is 18.5.